The smallest absolute Gasteiger partial charge is 0.194 e. The molecule has 0 radical (unpaired) electrons. The molecule has 1 fully saturated rings. The average molecular weight is 310 g/mol. The van der Waals surface area contributed by atoms with Gasteiger partial charge in [-0.1, -0.05) is 26.7 Å². The molecule has 20 heavy (non-hydrogen) atoms. The first-order chi connectivity index (χ1) is 9.74. The van der Waals surface area contributed by atoms with Crippen LogP contribution in [0.3, 0.4) is 0 Å². The molecule has 1 N–H and O–H groups in total. The van der Waals surface area contributed by atoms with Crippen molar-refractivity contribution in [2.24, 2.45) is 5.92 Å². The Kier molecular flexibility index (Phi) is 4.68. The minimum atomic E-state index is 0.506. The number of nitrogens with zero attached hydrogens (tertiary/aromatic N) is 2. The molecule has 0 saturated heterocycles. The van der Waals surface area contributed by atoms with Crippen LogP contribution in [0, 0.1) is 5.92 Å². The van der Waals surface area contributed by atoms with Gasteiger partial charge in [-0.2, -0.15) is 0 Å². The zero-order valence-electron chi connectivity index (χ0n) is 12.3. The molecule has 5 heteroatoms. The summed E-state index contributed by atoms with van der Waals surface area (Å²) in [6, 6.07) is 0.506. The van der Waals surface area contributed by atoms with Crippen LogP contribution in [0.5, 0.6) is 0 Å². The molecular formula is C15H23N3S2. The molecule has 110 valence electrons. The van der Waals surface area contributed by atoms with Crippen molar-refractivity contribution in [2.75, 3.05) is 5.75 Å². The summed E-state index contributed by atoms with van der Waals surface area (Å²) in [6.07, 6.45) is 7.81. The van der Waals surface area contributed by atoms with Crippen molar-refractivity contribution in [1.29, 1.82) is 0 Å². The highest BCUT2D eigenvalue weighted by Gasteiger charge is 2.18. The van der Waals surface area contributed by atoms with Gasteiger partial charge in [0, 0.05) is 29.9 Å². The monoisotopic (exact) mass is 309 g/mol. The van der Waals surface area contributed by atoms with E-state index in [1.165, 1.54) is 42.2 Å². The number of thiazole rings is 1. The molecule has 1 aliphatic carbocycles. The van der Waals surface area contributed by atoms with Gasteiger partial charge in [-0.3, -0.25) is 4.40 Å². The molecule has 2 aromatic rings. The van der Waals surface area contributed by atoms with Crippen molar-refractivity contribution in [2.45, 2.75) is 57.1 Å². The molecule has 0 bridgehead atoms. The Balaban J connectivity index is 1.73. The van der Waals surface area contributed by atoms with Crippen molar-refractivity contribution in [3.05, 3.63) is 17.3 Å². The van der Waals surface area contributed by atoms with Crippen molar-refractivity contribution in [3.8, 4) is 0 Å². The van der Waals surface area contributed by atoms with E-state index in [0.717, 1.165) is 17.4 Å². The first-order valence-corrected chi connectivity index (χ1v) is 9.41. The van der Waals surface area contributed by atoms with Gasteiger partial charge in [0.2, 0.25) is 0 Å². The summed E-state index contributed by atoms with van der Waals surface area (Å²) in [5.41, 5.74) is 1.33. The number of hydrogen-bond acceptors (Lipinski definition) is 4. The van der Waals surface area contributed by atoms with E-state index in [0.29, 0.717) is 6.04 Å². The summed E-state index contributed by atoms with van der Waals surface area (Å²) in [5, 5.41) is 6.88. The fraction of sp³-hybridized carbons (Fsp3) is 0.667. The van der Waals surface area contributed by atoms with Crippen molar-refractivity contribution in [1.82, 2.24) is 14.7 Å². The van der Waals surface area contributed by atoms with Crippen LogP contribution in [0.4, 0.5) is 0 Å². The third kappa shape index (κ3) is 3.21. The van der Waals surface area contributed by atoms with Gasteiger partial charge in [0.1, 0.15) is 5.03 Å². The lowest BCUT2D eigenvalue weighted by Gasteiger charge is -2.10. The van der Waals surface area contributed by atoms with E-state index < -0.39 is 0 Å². The number of rotatable bonds is 6. The summed E-state index contributed by atoms with van der Waals surface area (Å²) in [4.78, 5) is 5.94. The Morgan fingerprint density at radius 3 is 3.00 bits per heavy atom. The molecule has 1 aliphatic rings. The Labute approximate surface area is 129 Å². The van der Waals surface area contributed by atoms with Gasteiger partial charge in [-0.25, -0.2) is 4.98 Å². The maximum Gasteiger partial charge on any atom is 0.194 e. The van der Waals surface area contributed by atoms with Gasteiger partial charge >= 0.3 is 0 Å². The number of hydrogen-bond donors (Lipinski definition) is 1. The van der Waals surface area contributed by atoms with Crippen LogP contribution < -0.4 is 5.32 Å². The van der Waals surface area contributed by atoms with E-state index in [-0.39, 0.29) is 0 Å². The highest BCUT2D eigenvalue weighted by Crippen LogP contribution is 2.33. The molecule has 0 amide bonds. The average Bonchev–Trinajstić information content (AvgIpc) is 3.11. The second-order valence-electron chi connectivity index (χ2n) is 5.92. The minimum Gasteiger partial charge on any atom is -0.309 e. The van der Waals surface area contributed by atoms with E-state index in [1.54, 1.807) is 11.3 Å². The van der Waals surface area contributed by atoms with Crippen LogP contribution >= 0.6 is 23.1 Å². The molecule has 3 nitrogen and oxygen atoms in total. The summed E-state index contributed by atoms with van der Waals surface area (Å²) < 4.78 is 2.25. The van der Waals surface area contributed by atoms with Crippen LogP contribution in [-0.2, 0) is 6.54 Å². The third-order valence-corrected chi connectivity index (χ3v) is 5.93. The molecule has 2 aromatic heterocycles. The lowest BCUT2D eigenvalue weighted by atomic mass is 10.1. The zero-order valence-corrected chi connectivity index (χ0v) is 13.9. The topological polar surface area (TPSA) is 29.3 Å². The predicted octanol–water partition coefficient (Wildman–Crippen LogP) is 4.18. The number of thioether (sulfide) groups is 1. The number of aromatic nitrogens is 2. The van der Waals surface area contributed by atoms with Crippen LogP contribution in [0.2, 0.25) is 0 Å². The van der Waals surface area contributed by atoms with Crippen LogP contribution in [0.15, 0.2) is 16.6 Å². The van der Waals surface area contributed by atoms with Crippen LogP contribution in [0.25, 0.3) is 4.96 Å². The van der Waals surface area contributed by atoms with Gasteiger partial charge in [-0.15, -0.1) is 23.1 Å². The largest absolute Gasteiger partial charge is 0.309 e. The molecule has 0 spiro atoms. The quantitative estimate of drug-likeness (QED) is 0.812. The molecule has 0 atom stereocenters. The summed E-state index contributed by atoms with van der Waals surface area (Å²) in [7, 11) is 0. The van der Waals surface area contributed by atoms with Gasteiger partial charge < -0.3 is 5.32 Å². The number of imidazole rings is 1. The maximum absolute atomic E-state index is 4.82. The van der Waals surface area contributed by atoms with Gasteiger partial charge in [0.25, 0.3) is 0 Å². The highest BCUT2D eigenvalue weighted by molar-refractivity contribution is 7.99. The Hall–Kier alpha value is -0.520. The summed E-state index contributed by atoms with van der Waals surface area (Å²) in [5.74, 6) is 2.14. The SMILES string of the molecule is CC(C)NCc1c(SCC2CCCC2)nc2sccn12. The second kappa shape index (κ2) is 6.50. The Morgan fingerprint density at radius 1 is 1.45 bits per heavy atom. The molecule has 2 heterocycles. The lowest BCUT2D eigenvalue weighted by molar-refractivity contribution is 0.574. The molecule has 1 saturated carbocycles. The molecule has 3 rings (SSSR count). The van der Waals surface area contributed by atoms with Crippen molar-refractivity contribution < 1.29 is 0 Å². The first-order valence-electron chi connectivity index (χ1n) is 7.54. The standard InChI is InChI=1S/C15H23N3S2/c1-11(2)16-9-13-14(17-15-18(13)7-8-19-15)20-10-12-5-3-4-6-12/h7-8,11-12,16H,3-6,9-10H2,1-2H3. The Morgan fingerprint density at radius 2 is 2.25 bits per heavy atom. The fourth-order valence-corrected chi connectivity index (χ4v) is 4.77. The number of nitrogens with one attached hydrogen (secondary N) is 1. The van der Waals surface area contributed by atoms with Crippen LogP contribution in [-0.4, -0.2) is 21.2 Å². The highest BCUT2D eigenvalue weighted by atomic mass is 32.2. The first kappa shape index (κ1) is 14.4. The zero-order chi connectivity index (χ0) is 13.9. The molecule has 0 aliphatic heterocycles. The van der Waals surface area contributed by atoms with Crippen molar-refractivity contribution in [3.63, 3.8) is 0 Å². The molecule has 0 aromatic carbocycles. The summed E-state index contributed by atoms with van der Waals surface area (Å²) in [6.45, 7) is 5.29. The van der Waals surface area contributed by atoms with Crippen LogP contribution in [0.1, 0.15) is 45.2 Å². The van der Waals surface area contributed by atoms with E-state index >= 15 is 0 Å². The maximum atomic E-state index is 4.82. The van der Waals surface area contributed by atoms with Crippen molar-refractivity contribution >= 4 is 28.1 Å². The van der Waals surface area contributed by atoms with Gasteiger partial charge in [0.05, 0.1) is 5.69 Å². The predicted molar refractivity (Wildman–Crippen MR) is 87.7 cm³/mol. The van der Waals surface area contributed by atoms with E-state index in [9.17, 15) is 0 Å². The van der Waals surface area contributed by atoms with Gasteiger partial charge in [-0.05, 0) is 18.8 Å². The van der Waals surface area contributed by atoms with Gasteiger partial charge in [0.15, 0.2) is 4.96 Å². The lowest BCUT2D eigenvalue weighted by Crippen LogP contribution is -2.22. The fourth-order valence-electron chi connectivity index (χ4n) is 2.76. The normalized spacial score (nSPS) is 16.8. The Bertz CT molecular complexity index is 552. The van der Waals surface area contributed by atoms with E-state index in [2.05, 4.69) is 35.1 Å². The molecular weight excluding hydrogens is 286 g/mol. The summed E-state index contributed by atoms with van der Waals surface area (Å²) >= 11 is 3.69. The van der Waals surface area contributed by atoms with E-state index in [4.69, 9.17) is 4.98 Å². The third-order valence-electron chi connectivity index (χ3n) is 3.93. The second-order valence-corrected chi connectivity index (χ2v) is 7.80. The van der Waals surface area contributed by atoms with E-state index in [1.807, 2.05) is 11.8 Å². The molecule has 0 unspecified atom stereocenters. The number of fused-ring (bicyclic) bond motifs is 1. The minimum absolute atomic E-state index is 0.506.